The molecule has 1 heterocycles. The average Bonchev–Trinajstić information content (AvgIpc) is 3.20. The second-order valence-corrected chi connectivity index (χ2v) is 14.1. The van der Waals surface area contributed by atoms with Crippen molar-refractivity contribution in [2.75, 3.05) is 20.0 Å². The van der Waals surface area contributed by atoms with Crippen LogP contribution in [0.4, 0.5) is 4.79 Å². The van der Waals surface area contributed by atoms with Crippen LogP contribution < -0.4 is 10.1 Å². The van der Waals surface area contributed by atoms with Crippen molar-refractivity contribution >= 4 is 39.8 Å². The smallest absolute Gasteiger partial charge is 0.414 e. The van der Waals surface area contributed by atoms with Crippen molar-refractivity contribution in [2.24, 2.45) is 0 Å². The number of hydrogen-bond donors (Lipinski definition) is 1. The predicted octanol–water partition coefficient (Wildman–Crippen LogP) is 3.58. The summed E-state index contributed by atoms with van der Waals surface area (Å²) in [5.41, 5.74) is 1.60. The lowest BCUT2D eigenvalue weighted by Crippen LogP contribution is -2.56. The number of nitrogens with zero attached hydrogens (tertiary/aromatic N) is 2. The fourth-order valence-corrected chi connectivity index (χ4v) is 7.28. The van der Waals surface area contributed by atoms with Crippen molar-refractivity contribution in [1.29, 1.82) is 0 Å². The van der Waals surface area contributed by atoms with E-state index in [0.29, 0.717) is 11.3 Å². The maximum absolute atomic E-state index is 13.7. The number of esters is 1. The number of carbonyl (C=O) groups is 3. The molecule has 1 aliphatic heterocycles. The summed E-state index contributed by atoms with van der Waals surface area (Å²) in [5.74, 6) is -0.805. The summed E-state index contributed by atoms with van der Waals surface area (Å²) in [6.07, 6.45) is -0.860. The van der Waals surface area contributed by atoms with E-state index < -0.39 is 50.9 Å². The Labute approximate surface area is 240 Å². The Morgan fingerprint density at radius 2 is 1.68 bits per heavy atom. The molecule has 12 heteroatoms. The second kappa shape index (κ2) is 12.6. The van der Waals surface area contributed by atoms with Crippen LogP contribution in [0.2, 0.25) is 0 Å². The fraction of sp³-hybridized carbons (Fsp3) is 0.464. The van der Waals surface area contributed by atoms with Crippen LogP contribution in [0.1, 0.15) is 38.8 Å². The van der Waals surface area contributed by atoms with Gasteiger partial charge in [-0.25, -0.2) is 18.0 Å². The molecule has 0 aromatic heterocycles. The van der Waals surface area contributed by atoms with Crippen molar-refractivity contribution in [3.8, 4) is 5.75 Å². The third kappa shape index (κ3) is 7.55. The van der Waals surface area contributed by atoms with Gasteiger partial charge in [-0.3, -0.25) is 4.79 Å². The lowest BCUT2D eigenvalue weighted by molar-refractivity contribution is -0.151. The predicted molar refractivity (Wildman–Crippen MR) is 154 cm³/mol. The summed E-state index contributed by atoms with van der Waals surface area (Å²) in [7, 11) is -0.843. The minimum absolute atomic E-state index is 0.0875. The Morgan fingerprint density at radius 1 is 1.07 bits per heavy atom. The van der Waals surface area contributed by atoms with Crippen LogP contribution in [-0.2, 0) is 30.8 Å². The molecule has 2 aromatic carbocycles. The minimum Gasteiger partial charge on any atom is -0.461 e. The maximum atomic E-state index is 13.7. The highest BCUT2D eigenvalue weighted by atomic mass is 32.2. The molecule has 40 heavy (non-hydrogen) atoms. The highest BCUT2D eigenvalue weighted by Gasteiger charge is 2.51. The quantitative estimate of drug-likeness (QED) is 0.439. The molecule has 0 bridgehead atoms. The molecular formula is C28H37N3O7S2. The van der Waals surface area contributed by atoms with Crippen molar-refractivity contribution in [3.63, 3.8) is 0 Å². The molecule has 1 saturated heterocycles. The molecule has 0 aliphatic carbocycles. The van der Waals surface area contributed by atoms with E-state index in [1.54, 1.807) is 64.3 Å². The molecule has 2 aromatic rings. The van der Waals surface area contributed by atoms with Crippen LogP contribution >= 0.6 is 11.8 Å². The third-order valence-electron chi connectivity index (χ3n) is 6.27. The van der Waals surface area contributed by atoms with Crippen molar-refractivity contribution in [2.45, 2.75) is 68.9 Å². The van der Waals surface area contributed by atoms with E-state index in [2.05, 4.69) is 5.32 Å². The van der Waals surface area contributed by atoms with Crippen molar-refractivity contribution < 1.29 is 32.3 Å². The number of aryl methyl sites for hydroxylation is 1. The van der Waals surface area contributed by atoms with E-state index in [-0.39, 0.29) is 17.2 Å². The van der Waals surface area contributed by atoms with E-state index in [1.165, 1.54) is 33.1 Å². The van der Waals surface area contributed by atoms with Crippen LogP contribution in [0.25, 0.3) is 0 Å². The first kappa shape index (κ1) is 31.4. The van der Waals surface area contributed by atoms with Gasteiger partial charge in [0.15, 0.2) is 0 Å². The van der Waals surface area contributed by atoms with Gasteiger partial charge >= 0.3 is 12.1 Å². The molecule has 0 saturated carbocycles. The number of rotatable bonds is 9. The lowest BCUT2D eigenvalue weighted by atomic mass is 10.0. The molecular weight excluding hydrogens is 554 g/mol. The van der Waals surface area contributed by atoms with E-state index in [4.69, 9.17) is 9.47 Å². The van der Waals surface area contributed by atoms with Gasteiger partial charge in [-0.05, 0) is 64.4 Å². The van der Waals surface area contributed by atoms with Crippen LogP contribution in [0.5, 0.6) is 5.75 Å². The van der Waals surface area contributed by atoms with E-state index >= 15 is 0 Å². The number of amides is 2. The molecule has 10 nitrogen and oxygen atoms in total. The Kier molecular flexibility index (Phi) is 9.91. The summed E-state index contributed by atoms with van der Waals surface area (Å²) in [6, 6.07) is 10.9. The van der Waals surface area contributed by atoms with Crippen molar-refractivity contribution in [3.05, 3.63) is 59.7 Å². The standard InChI is InChI=1S/C28H37N3O7S2/c1-18(2)37-26(33)23(16-20-10-12-21(13-11-20)38-27(34)30(6)7)29-25(32)24-28(4,5)39-17-31(24)40(35,36)22-14-8-19(3)9-15-22/h8-15,18,23-24H,16-17H2,1-7H3,(H,29,32)/t23-,24+/m0/s1. The molecule has 0 unspecified atom stereocenters. The van der Waals surface area contributed by atoms with Crippen LogP contribution in [-0.4, -0.2) is 78.5 Å². The van der Waals surface area contributed by atoms with E-state index in [1.807, 2.05) is 20.8 Å². The Hall–Kier alpha value is -3.09. The molecule has 1 aliphatic rings. The highest BCUT2D eigenvalue weighted by molar-refractivity contribution is 8.02. The molecule has 218 valence electrons. The molecule has 1 fully saturated rings. The molecule has 0 spiro atoms. The molecule has 1 N–H and O–H groups in total. The first-order chi connectivity index (χ1) is 18.6. The number of benzene rings is 2. The summed E-state index contributed by atoms with van der Waals surface area (Å²) in [5, 5.41) is 2.77. The van der Waals surface area contributed by atoms with Gasteiger partial charge in [-0.2, -0.15) is 4.31 Å². The lowest BCUT2D eigenvalue weighted by Gasteiger charge is -2.31. The number of sulfonamides is 1. The summed E-state index contributed by atoms with van der Waals surface area (Å²) in [6.45, 7) is 8.89. The van der Waals surface area contributed by atoms with Crippen LogP contribution in [0.15, 0.2) is 53.4 Å². The van der Waals surface area contributed by atoms with E-state index in [9.17, 15) is 22.8 Å². The van der Waals surface area contributed by atoms with Gasteiger partial charge in [0.05, 0.1) is 16.9 Å². The van der Waals surface area contributed by atoms with Gasteiger partial charge in [0, 0.05) is 25.3 Å². The zero-order valence-electron chi connectivity index (χ0n) is 23.8. The van der Waals surface area contributed by atoms with Gasteiger partial charge in [0.2, 0.25) is 15.9 Å². The second-order valence-electron chi connectivity index (χ2n) is 10.6. The number of ether oxygens (including phenoxy) is 2. The monoisotopic (exact) mass is 591 g/mol. The number of hydrogen-bond acceptors (Lipinski definition) is 8. The summed E-state index contributed by atoms with van der Waals surface area (Å²) in [4.78, 5) is 40.0. The minimum atomic E-state index is -3.98. The largest absolute Gasteiger partial charge is 0.461 e. The third-order valence-corrected chi connectivity index (χ3v) is 9.64. The first-order valence-electron chi connectivity index (χ1n) is 12.8. The maximum Gasteiger partial charge on any atom is 0.414 e. The van der Waals surface area contributed by atoms with Crippen molar-refractivity contribution in [1.82, 2.24) is 14.5 Å². The summed E-state index contributed by atoms with van der Waals surface area (Å²) < 4.78 is 38.2. The van der Waals surface area contributed by atoms with Gasteiger partial charge in [0.25, 0.3) is 0 Å². The normalized spacial score (nSPS) is 17.8. The highest BCUT2D eigenvalue weighted by Crippen LogP contribution is 2.42. The number of nitrogens with one attached hydrogen (secondary N) is 1. The van der Waals surface area contributed by atoms with Gasteiger partial charge in [0.1, 0.15) is 17.8 Å². The Balaban J connectivity index is 1.85. The van der Waals surface area contributed by atoms with Crippen LogP contribution in [0.3, 0.4) is 0 Å². The van der Waals surface area contributed by atoms with Gasteiger partial charge in [-0.1, -0.05) is 29.8 Å². The molecule has 0 radical (unpaired) electrons. The number of thioether (sulfide) groups is 1. The first-order valence-corrected chi connectivity index (χ1v) is 15.3. The van der Waals surface area contributed by atoms with E-state index in [0.717, 1.165) is 5.56 Å². The zero-order valence-corrected chi connectivity index (χ0v) is 25.5. The molecule has 3 rings (SSSR count). The Bertz CT molecular complexity index is 1320. The zero-order chi connectivity index (χ0) is 29.8. The average molecular weight is 592 g/mol. The van der Waals surface area contributed by atoms with Crippen LogP contribution in [0, 0.1) is 6.92 Å². The van der Waals surface area contributed by atoms with Gasteiger partial charge < -0.3 is 19.7 Å². The number of carbonyl (C=O) groups excluding carboxylic acids is 3. The molecule has 2 amide bonds. The fourth-order valence-electron chi connectivity index (χ4n) is 4.11. The Morgan fingerprint density at radius 3 is 2.23 bits per heavy atom. The molecule has 2 atom stereocenters. The SMILES string of the molecule is Cc1ccc(S(=O)(=O)N2CSC(C)(C)[C@H]2C(=O)N[C@@H](Cc2ccc(OC(=O)N(C)C)cc2)C(=O)OC(C)C)cc1. The van der Waals surface area contributed by atoms with Gasteiger partial charge in [-0.15, -0.1) is 11.8 Å². The summed E-state index contributed by atoms with van der Waals surface area (Å²) >= 11 is 1.35. The topological polar surface area (TPSA) is 122 Å².